The van der Waals surface area contributed by atoms with Gasteiger partial charge >= 0.3 is 0 Å². The van der Waals surface area contributed by atoms with Gasteiger partial charge in [-0.3, -0.25) is 0 Å². The number of rotatable bonds is 5. The summed E-state index contributed by atoms with van der Waals surface area (Å²) < 4.78 is 10.7. The van der Waals surface area contributed by atoms with Gasteiger partial charge in [-0.25, -0.2) is 0 Å². The molecule has 0 spiro atoms. The van der Waals surface area contributed by atoms with Gasteiger partial charge in [0.15, 0.2) is 11.5 Å². The predicted octanol–water partition coefficient (Wildman–Crippen LogP) is 2.51. The first-order valence-electron chi connectivity index (χ1n) is 5.54. The van der Waals surface area contributed by atoms with E-state index in [1.54, 1.807) is 0 Å². The number of hydrogen-bond acceptors (Lipinski definition) is 4. The summed E-state index contributed by atoms with van der Waals surface area (Å²) in [4.78, 5) is 1.24. The van der Waals surface area contributed by atoms with Gasteiger partial charge in [0, 0.05) is 16.7 Å². The molecule has 0 aromatic heterocycles. The Kier molecular flexibility index (Phi) is 3.96. The van der Waals surface area contributed by atoms with Crippen LogP contribution in [0.25, 0.3) is 0 Å². The van der Waals surface area contributed by atoms with Crippen molar-refractivity contribution in [3.05, 3.63) is 18.2 Å². The van der Waals surface area contributed by atoms with Crippen molar-refractivity contribution in [2.75, 3.05) is 20.4 Å². The molecule has 3 nitrogen and oxygen atoms in total. The maximum absolute atomic E-state index is 5.36. The van der Waals surface area contributed by atoms with Crippen LogP contribution >= 0.6 is 11.8 Å². The van der Waals surface area contributed by atoms with Gasteiger partial charge in [-0.2, -0.15) is 0 Å². The molecule has 0 radical (unpaired) electrons. The number of fused-ring (bicyclic) bond motifs is 1. The molecule has 1 N–H and O–H groups in total. The quantitative estimate of drug-likeness (QED) is 0.800. The SMILES string of the molecule is CCC(CNC)Sc1ccc2c(c1)OCO2. The van der Waals surface area contributed by atoms with Crippen molar-refractivity contribution in [3.8, 4) is 11.5 Å². The topological polar surface area (TPSA) is 30.5 Å². The van der Waals surface area contributed by atoms with Crippen LogP contribution in [0.5, 0.6) is 11.5 Å². The average molecular weight is 239 g/mol. The second-order valence-corrected chi connectivity index (χ2v) is 5.09. The van der Waals surface area contributed by atoms with Crippen LogP contribution in [0.1, 0.15) is 13.3 Å². The Morgan fingerprint density at radius 2 is 2.19 bits per heavy atom. The Balaban J connectivity index is 2.04. The third kappa shape index (κ3) is 2.62. The first kappa shape index (κ1) is 11.6. The summed E-state index contributed by atoms with van der Waals surface area (Å²) in [5.41, 5.74) is 0. The third-order valence-corrected chi connectivity index (χ3v) is 3.89. The lowest BCUT2D eigenvalue weighted by Crippen LogP contribution is -2.19. The summed E-state index contributed by atoms with van der Waals surface area (Å²) in [7, 11) is 1.99. The molecule has 1 aromatic rings. The van der Waals surface area contributed by atoms with Gasteiger partial charge in [0.2, 0.25) is 6.79 Å². The minimum atomic E-state index is 0.344. The van der Waals surface area contributed by atoms with E-state index in [-0.39, 0.29) is 0 Å². The Labute approximate surface area is 101 Å². The second-order valence-electron chi connectivity index (χ2n) is 3.72. The number of benzene rings is 1. The summed E-state index contributed by atoms with van der Waals surface area (Å²) in [5, 5.41) is 3.82. The van der Waals surface area contributed by atoms with E-state index in [0.717, 1.165) is 24.5 Å². The van der Waals surface area contributed by atoms with E-state index in [1.807, 2.05) is 24.9 Å². The lowest BCUT2D eigenvalue weighted by molar-refractivity contribution is 0.174. The van der Waals surface area contributed by atoms with E-state index >= 15 is 0 Å². The maximum Gasteiger partial charge on any atom is 0.231 e. The molecule has 1 aliphatic heterocycles. The van der Waals surface area contributed by atoms with Crippen molar-refractivity contribution in [2.45, 2.75) is 23.5 Å². The maximum atomic E-state index is 5.36. The Morgan fingerprint density at radius 1 is 1.38 bits per heavy atom. The molecular formula is C12H17NO2S. The van der Waals surface area contributed by atoms with Crippen molar-refractivity contribution in [3.63, 3.8) is 0 Å². The van der Waals surface area contributed by atoms with E-state index in [1.165, 1.54) is 4.90 Å². The number of ether oxygens (including phenoxy) is 2. The first-order valence-corrected chi connectivity index (χ1v) is 6.42. The second kappa shape index (κ2) is 5.46. The zero-order valence-electron chi connectivity index (χ0n) is 9.66. The molecule has 0 saturated heterocycles. The normalized spacial score (nSPS) is 15.1. The number of thioether (sulfide) groups is 1. The van der Waals surface area contributed by atoms with Gasteiger partial charge in [0.1, 0.15) is 0 Å². The van der Waals surface area contributed by atoms with Crippen LogP contribution in [0.2, 0.25) is 0 Å². The van der Waals surface area contributed by atoms with Crippen molar-refractivity contribution in [2.24, 2.45) is 0 Å². The third-order valence-electron chi connectivity index (χ3n) is 2.53. The van der Waals surface area contributed by atoms with Crippen molar-refractivity contribution in [1.29, 1.82) is 0 Å². The minimum Gasteiger partial charge on any atom is -0.454 e. The number of hydrogen-bond donors (Lipinski definition) is 1. The fourth-order valence-corrected chi connectivity index (χ4v) is 2.76. The highest BCUT2D eigenvalue weighted by atomic mass is 32.2. The van der Waals surface area contributed by atoms with E-state index in [2.05, 4.69) is 24.4 Å². The first-order chi connectivity index (χ1) is 7.83. The lowest BCUT2D eigenvalue weighted by atomic mass is 10.3. The van der Waals surface area contributed by atoms with E-state index in [9.17, 15) is 0 Å². The Bertz CT molecular complexity index is 357. The molecule has 2 rings (SSSR count). The van der Waals surface area contributed by atoms with E-state index in [0.29, 0.717) is 12.0 Å². The predicted molar refractivity (Wildman–Crippen MR) is 66.4 cm³/mol. The number of nitrogens with one attached hydrogen (secondary N) is 1. The van der Waals surface area contributed by atoms with Gasteiger partial charge < -0.3 is 14.8 Å². The smallest absolute Gasteiger partial charge is 0.231 e. The van der Waals surface area contributed by atoms with Crippen LogP contribution in [0.4, 0.5) is 0 Å². The molecule has 0 aliphatic carbocycles. The molecular weight excluding hydrogens is 222 g/mol. The van der Waals surface area contributed by atoms with Crippen LogP contribution in [0, 0.1) is 0 Å². The minimum absolute atomic E-state index is 0.344. The summed E-state index contributed by atoms with van der Waals surface area (Å²) in [5.74, 6) is 1.72. The average Bonchev–Trinajstić information content (AvgIpc) is 2.75. The zero-order chi connectivity index (χ0) is 11.4. The summed E-state index contributed by atoms with van der Waals surface area (Å²) in [6, 6.07) is 6.14. The molecule has 0 saturated carbocycles. The van der Waals surface area contributed by atoms with Crippen LogP contribution in [-0.4, -0.2) is 25.6 Å². The zero-order valence-corrected chi connectivity index (χ0v) is 10.5. The van der Waals surface area contributed by atoms with Crippen LogP contribution in [-0.2, 0) is 0 Å². The molecule has 1 atom stereocenters. The van der Waals surface area contributed by atoms with E-state index < -0.39 is 0 Å². The van der Waals surface area contributed by atoms with Crippen molar-refractivity contribution < 1.29 is 9.47 Å². The highest BCUT2D eigenvalue weighted by Gasteiger charge is 2.15. The summed E-state index contributed by atoms with van der Waals surface area (Å²) >= 11 is 1.88. The highest BCUT2D eigenvalue weighted by molar-refractivity contribution is 8.00. The highest BCUT2D eigenvalue weighted by Crippen LogP contribution is 2.36. The van der Waals surface area contributed by atoms with Gasteiger partial charge in [-0.15, -0.1) is 11.8 Å². The molecule has 0 bridgehead atoms. The molecule has 16 heavy (non-hydrogen) atoms. The molecule has 1 aromatic carbocycles. The summed E-state index contributed by atoms with van der Waals surface area (Å²) in [6.07, 6.45) is 1.15. The van der Waals surface area contributed by atoms with Crippen molar-refractivity contribution in [1.82, 2.24) is 5.32 Å². The van der Waals surface area contributed by atoms with Crippen LogP contribution < -0.4 is 14.8 Å². The molecule has 0 fully saturated rings. The summed E-state index contributed by atoms with van der Waals surface area (Å²) in [6.45, 7) is 3.58. The van der Waals surface area contributed by atoms with Crippen LogP contribution in [0.15, 0.2) is 23.1 Å². The standard InChI is InChI=1S/C12H17NO2S/c1-3-9(7-13-2)16-10-4-5-11-12(6-10)15-8-14-11/h4-6,9,13H,3,7-8H2,1-2H3. The molecule has 88 valence electrons. The van der Waals surface area contributed by atoms with Gasteiger partial charge in [0.25, 0.3) is 0 Å². The fourth-order valence-electron chi connectivity index (χ4n) is 1.64. The monoisotopic (exact) mass is 239 g/mol. The van der Waals surface area contributed by atoms with Gasteiger partial charge in [0.05, 0.1) is 0 Å². The molecule has 1 heterocycles. The van der Waals surface area contributed by atoms with E-state index in [4.69, 9.17) is 9.47 Å². The molecule has 1 aliphatic rings. The lowest BCUT2D eigenvalue weighted by Gasteiger charge is -2.13. The largest absolute Gasteiger partial charge is 0.454 e. The molecule has 4 heteroatoms. The Morgan fingerprint density at radius 3 is 2.94 bits per heavy atom. The fraction of sp³-hybridized carbons (Fsp3) is 0.500. The van der Waals surface area contributed by atoms with Crippen molar-refractivity contribution >= 4 is 11.8 Å². The molecule has 0 amide bonds. The Hall–Kier alpha value is -0.870. The van der Waals surface area contributed by atoms with Crippen LogP contribution in [0.3, 0.4) is 0 Å². The molecule has 1 unspecified atom stereocenters. The van der Waals surface area contributed by atoms with Gasteiger partial charge in [-0.1, -0.05) is 6.92 Å². The van der Waals surface area contributed by atoms with Gasteiger partial charge in [-0.05, 0) is 31.7 Å².